The van der Waals surface area contributed by atoms with Gasteiger partial charge < -0.3 is 9.32 Å². The molecule has 0 spiro atoms. The van der Waals surface area contributed by atoms with Crippen molar-refractivity contribution in [1.29, 1.82) is 0 Å². The summed E-state index contributed by atoms with van der Waals surface area (Å²) in [5.41, 5.74) is 0.755. The molecule has 3 rings (SSSR count). The Morgan fingerprint density at radius 1 is 1.48 bits per heavy atom. The van der Waals surface area contributed by atoms with Gasteiger partial charge in [-0.25, -0.2) is 8.78 Å². The van der Waals surface area contributed by atoms with E-state index in [9.17, 15) is 13.6 Å². The largest absolute Gasteiger partial charge is 0.423 e. The fraction of sp³-hybridized carbons (Fsp3) is 0.571. The number of hydrogen-bond donors (Lipinski definition) is 0. The van der Waals surface area contributed by atoms with Gasteiger partial charge in [-0.05, 0) is 13.0 Å². The van der Waals surface area contributed by atoms with E-state index in [1.165, 1.54) is 4.68 Å². The minimum absolute atomic E-state index is 0.0593. The summed E-state index contributed by atoms with van der Waals surface area (Å²) in [5.74, 6) is -3.00. The van der Waals surface area contributed by atoms with Gasteiger partial charge in [-0.2, -0.15) is 5.10 Å². The van der Waals surface area contributed by atoms with E-state index in [2.05, 4.69) is 15.3 Å². The van der Waals surface area contributed by atoms with Gasteiger partial charge in [0.2, 0.25) is 17.7 Å². The first-order valence-corrected chi connectivity index (χ1v) is 7.37. The lowest BCUT2D eigenvalue weighted by atomic mass is 10.2. The van der Waals surface area contributed by atoms with E-state index in [0.717, 1.165) is 10.6 Å². The molecule has 0 N–H and O–H groups in total. The third kappa shape index (κ3) is 3.22. The molecule has 0 unspecified atom stereocenters. The predicted molar refractivity (Wildman–Crippen MR) is 74.7 cm³/mol. The van der Waals surface area contributed by atoms with Crippen molar-refractivity contribution in [2.24, 2.45) is 0 Å². The van der Waals surface area contributed by atoms with Crippen molar-refractivity contribution >= 4 is 5.91 Å². The number of carbonyl (C=O) groups excluding carboxylic acids is 1. The summed E-state index contributed by atoms with van der Waals surface area (Å²) in [5, 5.41) is 11.7. The number of amides is 1. The zero-order valence-electron chi connectivity index (χ0n) is 12.9. The Balaban J connectivity index is 1.81. The Bertz CT molecular complexity index is 712. The first kappa shape index (κ1) is 15.6. The van der Waals surface area contributed by atoms with Crippen LogP contribution < -0.4 is 0 Å². The molecule has 1 fully saturated rings. The maximum atomic E-state index is 13.8. The fourth-order valence-electron chi connectivity index (χ4n) is 2.62. The Morgan fingerprint density at radius 2 is 2.26 bits per heavy atom. The molecule has 1 atom stereocenters. The van der Waals surface area contributed by atoms with Crippen molar-refractivity contribution in [3.8, 4) is 0 Å². The van der Waals surface area contributed by atoms with Crippen LogP contribution in [0.1, 0.15) is 36.9 Å². The van der Waals surface area contributed by atoms with Crippen LogP contribution >= 0.6 is 0 Å². The highest BCUT2D eigenvalue weighted by Gasteiger charge is 2.49. The normalized spacial score (nSPS) is 20.2. The number of rotatable bonds is 4. The molecule has 23 heavy (non-hydrogen) atoms. The van der Waals surface area contributed by atoms with E-state index in [-0.39, 0.29) is 12.4 Å². The number of carbonyl (C=O) groups is 1. The average molecular weight is 325 g/mol. The molecule has 0 bridgehead atoms. The van der Waals surface area contributed by atoms with Crippen LogP contribution in [0.2, 0.25) is 0 Å². The van der Waals surface area contributed by atoms with E-state index in [0.29, 0.717) is 12.3 Å². The number of aryl methyl sites for hydroxylation is 2. The SMILES string of the molecule is CCc1nnc([C@@H]2CC(F)(F)CN2C(=O)Cn2ccc(C)n2)o1. The maximum absolute atomic E-state index is 13.8. The highest BCUT2D eigenvalue weighted by atomic mass is 19.3. The smallest absolute Gasteiger partial charge is 0.267 e. The van der Waals surface area contributed by atoms with E-state index in [1.54, 1.807) is 19.2 Å². The van der Waals surface area contributed by atoms with Gasteiger partial charge in [0, 0.05) is 19.0 Å². The molecule has 9 heteroatoms. The summed E-state index contributed by atoms with van der Waals surface area (Å²) in [6.45, 7) is 2.86. The number of likely N-dealkylation sites (tertiary alicyclic amines) is 1. The molecule has 1 amide bonds. The Kier molecular flexibility index (Phi) is 3.87. The monoisotopic (exact) mass is 325 g/mol. The second-order valence-corrected chi connectivity index (χ2v) is 5.64. The summed E-state index contributed by atoms with van der Waals surface area (Å²) in [4.78, 5) is 13.5. The lowest BCUT2D eigenvalue weighted by molar-refractivity contribution is -0.134. The van der Waals surface area contributed by atoms with Crippen LogP contribution in [0.4, 0.5) is 8.78 Å². The van der Waals surface area contributed by atoms with E-state index in [1.807, 2.05) is 6.92 Å². The molecule has 3 heterocycles. The van der Waals surface area contributed by atoms with Gasteiger partial charge in [0.15, 0.2) is 0 Å². The first-order valence-electron chi connectivity index (χ1n) is 7.37. The van der Waals surface area contributed by atoms with Crippen LogP contribution in [0, 0.1) is 6.92 Å². The molecule has 1 aliphatic rings. The van der Waals surface area contributed by atoms with Crippen molar-refractivity contribution < 1.29 is 18.0 Å². The number of alkyl halides is 2. The molecule has 0 radical (unpaired) electrons. The lowest BCUT2D eigenvalue weighted by Crippen LogP contribution is -2.35. The minimum Gasteiger partial charge on any atom is -0.423 e. The zero-order valence-corrected chi connectivity index (χ0v) is 12.9. The molecule has 1 aliphatic heterocycles. The van der Waals surface area contributed by atoms with Crippen LogP contribution in [0.5, 0.6) is 0 Å². The van der Waals surface area contributed by atoms with Crippen LogP contribution in [0.15, 0.2) is 16.7 Å². The number of aromatic nitrogens is 4. The topological polar surface area (TPSA) is 77.1 Å². The van der Waals surface area contributed by atoms with Gasteiger partial charge >= 0.3 is 0 Å². The van der Waals surface area contributed by atoms with Gasteiger partial charge in [0.25, 0.3) is 5.92 Å². The van der Waals surface area contributed by atoms with Crippen molar-refractivity contribution in [3.63, 3.8) is 0 Å². The molecule has 2 aromatic heterocycles. The number of halogens is 2. The molecule has 2 aromatic rings. The highest BCUT2D eigenvalue weighted by molar-refractivity contribution is 5.76. The Hall–Kier alpha value is -2.32. The van der Waals surface area contributed by atoms with Gasteiger partial charge in [-0.1, -0.05) is 6.92 Å². The standard InChI is InChI=1S/C14H17F2N5O2/c1-3-11-17-18-13(23-11)10-6-14(15,16)8-21(10)12(22)7-20-5-4-9(2)19-20/h4-5,10H,3,6-8H2,1-2H3/t10-/m0/s1. The van der Waals surface area contributed by atoms with Gasteiger partial charge in [-0.3, -0.25) is 9.48 Å². The molecule has 0 saturated carbocycles. The van der Waals surface area contributed by atoms with Crippen LogP contribution in [0.25, 0.3) is 0 Å². The van der Waals surface area contributed by atoms with Crippen molar-refractivity contribution in [2.45, 2.75) is 45.2 Å². The predicted octanol–water partition coefficient (Wildman–Crippen LogP) is 1.75. The summed E-state index contributed by atoms with van der Waals surface area (Å²) in [6, 6.07) is 0.844. The van der Waals surface area contributed by atoms with E-state index < -0.39 is 30.8 Å². The Morgan fingerprint density at radius 3 is 2.87 bits per heavy atom. The molecule has 1 saturated heterocycles. The minimum atomic E-state index is -2.97. The number of nitrogens with zero attached hydrogens (tertiary/aromatic N) is 5. The quantitative estimate of drug-likeness (QED) is 0.856. The highest BCUT2D eigenvalue weighted by Crippen LogP contribution is 2.40. The van der Waals surface area contributed by atoms with E-state index in [4.69, 9.17) is 4.42 Å². The zero-order chi connectivity index (χ0) is 16.6. The summed E-state index contributed by atoms with van der Waals surface area (Å²) < 4.78 is 34.4. The van der Waals surface area contributed by atoms with Crippen LogP contribution in [-0.4, -0.2) is 43.3 Å². The second-order valence-electron chi connectivity index (χ2n) is 5.64. The summed E-state index contributed by atoms with van der Waals surface area (Å²) in [7, 11) is 0. The van der Waals surface area contributed by atoms with Crippen LogP contribution in [-0.2, 0) is 17.8 Å². The molecule has 0 aliphatic carbocycles. The fourth-order valence-corrected chi connectivity index (χ4v) is 2.62. The van der Waals surface area contributed by atoms with Gasteiger partial charge in [-0.15, -0.1) is 10.2 Å². The summed E-state index contributed by atoms with van der Waals surface area (Å²) in [6.07, 6.45) is 1.64. The maximum Gasteiger partial charge on any atom is 0.267 e. The average Bonchev–Trinajstić information content (AvgIpc) is 3.17. The second kappa shape index (κ2) is 5.71. The summed E-state index contributed by atoms with van der Waals surface area (Å²) >= 11 is 0. The third-order valence-corrected chi connectivity index (χ3v) is 3.73. The van der Waals surface area contributed by atoms with Gasteiger partial charge in [0.1, 0.15) is 12.6 Å². The van der Waals surface area contributed by atoms with Crippen molar-refractivity contribution in [2.75, 3.05) is 6.54 Å². The van der Waals surface area contributed by atoms with Crippen molar-refractivity contribution in [3.05, 3.63) is 29.7 Å². The van der Waals surface area contributed by atoms with Crippen molar-refractivity contribution in [1.82, 2.24) is 24.9 Å². The van der Waals surface area contributed by atoms with Crippen LogP contribution in [0.3, 0.4) is 0 Å². The Labute approximate surface area is 131 Å². The third-order valence-electron chi connectivity index (χ3n) is 3.73. The van der Waals surface area contributed by atoms with E-state index >= 15 is 0 Å². The molecule has 7 nitrogen and oxygen atoms in total. The molecule has 0 aromatic carbocycles. The lowest BCUT2D eigenvalue weighted by Gasteiger charge is -2.21. The molecule has 124 valence electrons. The molecular weight excluding hydrogens is 308 g/mol. The number of hydrogen-bond acceptors (Lipinski definition) is 5. The molecular formula is C14H17F2N5O2. The first-order chi connectivity index (χ1) is 10.9. The van der Waals surface area contributed by atoms with Gasteiger partial charge in [0.05, 0.1) is 12.2 Å².